The zero-order chi connectivity index (χ0) is 59.9. The van der Waals surface area contributed by atoms with E-state index in [4.69, 9.17) is 14.2 Å². The number of esters is 3. The van der Waals surface area contributed by atoms with Gasteiger partial charge < -0.3 is 14.2 Å². The van der Waals surface area contributed by atoms with E-state index in [2.05, 4.69) is 154 Å². The Bertz CT molecular complexity index is 1750. The number of allylic oxidation sites excluding steroid dienone is 22. The van der Waals surface area contributed by atoms with E-state index in [1.165, 1.54) is 141 Å². The molecular weight excluding hydrogens is 1020 g/mol. The maximum absolute atomic E-state index is 13.0. The van der Waals surface area contributed by atoms with E-state index in [-0.39, 0.29) is 31.1 Å². The van der Waals surface area contributed by atoms with Crippen molar-refractivity contribution < 1.29 is 28.6 Å². The molecule has 1 unspecified atom stereocenters. The van der Waals surface area contributed by atoms with Crippen molar-refractivity contribution in [3.05, 3.63) is 134 Å². The van der Waals surface area contributed by atoms with Crippen LogP contribution in [-0.2, 0) is 28.6 Å². The second-order valence-electron chi connectivity index (χ2n) is 22.7. The van der Waals surface area contributed by atoms with E-state index in [0.29, 0.717) is 25.7 Å². The summed E-state index contributed by atoms with van der Waals surface area (Å²) in [6.45, 7) is 6.38. The van der Waals surface area contributed by atoms with Crippen molar-refractivity contribution in [2.24, 2.45) is 0 Å². The zero-order valence-electron chi connectivity index (χ0n) is 54.2. The van der Waals surface area contributed by atoms with E-state index < -0.39 is 6.10 Å². The van der Waals surface area contributed by atoms with Crippen molar-refractivity contribution in [1.82, 2.24) is 0 Å². The Morgan fingerprint density at radius 2 is 0.470 bits per heavy atom. The van der Waals surface area contributed by atoms with Crippen molar-refractivity contribution in [3.8, 4) is 0 Å². The van der Waals surface area contributed by atoms with Crippen LogP contribution in [0.25, 0.3) is 0 Å². The summed E-state index contributed by atoms with van der Waals surface area (Å²) in [4.78, 5) is 38.4. The van der Waals surface area contributed by atoms with Gasteiger partial charge in [-0.25, -0.2) is 0 Å². The number of ether oxygens (including phenoxy) is 3. The topological polar surface area (TPSA) is 78.9 Å². The van der Waals surface area contributed by atoms with E-state index in [0.717, 1.165) is 128 Å². The third kappa shape index (κ3) is 68.2. The summed E-state index contributed by atoms with van der Waals surface area (Å²) >= 11 is 0. The number of carbonyl (C=O) groups is 3. The van der Waals surface area contributed by atoms with Crippen molar-refractivity contribution in [2.75, 3.05) is 13.2 Å². The molecule has 6 nitrogen and oxygen atoms in total. The Morgan fingerprint density at radius 1 is 0.253 bits per heavy atom. The second kappa shape index (κ2) is 70.0. The molecule has 6 heteroatoms. The zero-order valence-corrected chi connectivity index (χ0v) is 54.2. The van der Waals surface area contributed by atoms with Crippen LogP contribution in [0.1, 0.15) is 316 Å². The predicted molar refractivity (Wildman–Crippen MR) is 362 cm³/mol. The first kappa shape index (κ1) is 78.5. The van der Waals surface area contributed by atoms with E-state index in [1.54, 1.807) is 0 Å². The van der Waals surface area contributed by atoms with Gasteiger partial charge in [-0.05, 0) is 116 Å². The molecule has 0 aliphatic carbocycles. The van der Waals surface area contributed by atoms with E-state index >= 15 is 0 Å². The average molecular weight is 1150 g/mol. The van der Waals surface area contributed by atoms with Crippen LogP contribution in [0.4, 0.5) is 0 Å². The third-order valence-corrected chi connectivity index (χ3v) is 14.7. The van der Waals surface area contributed by atoms with Crippen LogP contribution in [0, 0.1) is 0 Å². The van der Waals surface area contributed by atoms with Gasteiger partial charge >= 0.3 is 17.9 Å². The summed E-state index contributed by atoms with van der Waals surface area (Å²) < 4.78 is 16.9. The summed E-state index contributed by atoms with van der Waals surface area (Å²) in [6.07, 6.45) is 99.1. The Kier molecular flexibility index (Phi) is 66.3. The van der Waals surface area contributed by atoms with Gasteiger partial charge in [0, 0.05) is 19.3 Å². The monoisotopic (exact) mass is 1150 g/mol. The smallest absolute Gasteiger partial charge is 0.306 e. The summed E-state index contributed by atoms with van der Waals surface area (Å²) in [5.41, 5.74) is 0. The second-order valence-corrected chi connectivity index (χ2v) is 22.7. The first-order valence-electron chi connectivity index (χ1n) is 34.7. The van der Waals surface area contributed by atoms with Gasteiger partial charge in [0.25, 0.3) is 0 Å². The summed E-state index contributed by atoms with van der Waals surface area (Å²) in [7, 11) is 0. The predicted octanol–water partition coefficient (Wildman–Crippen LogP) is 24.1. The molecule has 0 aliphatic heterocycles. The molecule has 472 valence electrons. The Labute approximate surface area is 513 Å². The molecule has 0 N–H and O–H groups in total. The molecule has 0 aromatic rings. The van der Waals surface area contributed by atoms with Crippen molar-refractivity contribution in [3.63, 3.8) is 0 Å². The average Bonchev–Trinajstić information content (AvgIpc) is 3.49. The number of hydrogen-bond acceptors (Lipinski definition) is 6. The normalized spacial score (nSPS) is 13.0. The number of carbonyl (C=O) groups excluding carboxylic acids is 3. The lowest BCUT2D eigenvalue weighted by molar-refractivity contribution is -0.167. The van der Waals surface area contributed by atoms with E-state index in [9.17, 15) is 14.4 Å². The minimum Gasteiger partial charge on any atom is -0.462 e. The fraction of sp³-hybridized carbons (Fsp3) is 0.675. The Balaban J connectivity index is 4.43. The molecule has 0 aliphatic rings. The highest BCUT2D eigenvalue weighted by Crippen LogP contribution is 2.17. The molecular formula is C77H128O6. The van der Waals surface area contributed by atoms with Crippen LogP contribution in [-0.4, -0.2) is 37.2 Å². The number of rotatable bonds is 62. The largest absolute Gasteiger partial charge is 0.462 e. The third-order valence-electron chi connectivity index (χ3n) is 14.7. The fourth-order valence-electron chi connectivity index (χ4n) is 9.53. The highest BCUT2D eigenvalue weighted by Gasteiger charge is 2.19. The standard InChI is InChI=1S/C77H128O6/c1-4-7-10-13-16-19-22-25-28-30-32-34-36-38-40-42-44-46-49-52-55-58-61-64-67-70-76(79)82-73-74(72-81-75(78)69-66-63-60-57-54-51-48-27-24-21-18-15-12-9-6-3)83-77(80)71-68-65-62-59-56-53-50-47-45-43-41-39-37-35-33-31-29-26-23-20-17-14-11-8-5-2/h7,9-10,12,16,18-19,21,25,27-28,32,34,38,40,44,46,48,52,54-55,57,74H,4-6,8,11,13-15,17,20,22-24,26,29-31,33,35-37,39,41-43,45,47,49-51,53,56,58-73H2,1-3H3/b10-7-,12-9-,19-16-,21-18-,28-25-,34-32-,40-38-,46-44-,48-27-,55-52-,57-54-. The SMILES string of the molecule is CC/C=C\C/C=C\C/C=C\C/C=C\C/C=C\C/C=C\C/C=C\CCCCCC(=O)OCC(COC(=O)CCCC/C=C\C/C=C\C/C=C\C/C=C\CC)OC(=O)CCCCCCCCCCCCCCCCCCCCCCCCCCC. The molecule has 0 bridgehead atoms. The summed E-state index contributed by atoms with van der Waals surface area (Å²) in [5, 5.41) is 0. The molecule has 0 heterocycles. The first-order chi connectivity index (χ1) is 41.0. The maximum Gasteiger partial charge on any atom is 0.306 e. The number of hydrogen-bond donors (Lipinski definition) is 0. The van der Waals surface area contributed by atoms with Gasteiger partial charge in [-0.15, -0.1) is 0 Å². The van der Waals surface area contributed by atoms with Crippen molar-refractivity contribution in [1.29, 1.82) is 0 Å². The molecule has 0 saturated heterocycles. The Morgan fingerprint density at radius 3 is 0.759 bits per heavy atom. The van der Waals surface area contributed by atoms with Gasteiger partial charge in [-0.2, -0.15) is 0 Å². The fourth-order valence-corrected chi connectivity index (χ4v) is 9.53. The molecule has 0 saturated carbocycles. The molecule has 0 fully saturated rings. The van der Waals surface area contributed by atoms with Crippen molar-refractivity contribution in [2.45, 2.75) is 322 Å². The highest BCUT2D eigenvalue weighted by atomic mass is 16.6. The summed E-state index contributed by atoms with van der Waals surface area (Å²) in [5.74, 6) is -0.973. The number of unbranched alkanes of at least 4 members (excludes halogenated alkanes) is 29. The van der Waals surface area contributed by atoms with Crippen molar-refractivity contribution >= 4 is 17.9 Å². The molecule has 0 radical (unpaired) electrons. The van der Waals surface area contributed by atoms with Gasteiger partial charge in [-0.1, -0.05) is 315 Å². The van der Waals surface area contributed by atoms with Crippen LogP contribution in [0.15, 0.2) is 134 Å². The van der Waals surface area contributed by atoms with Gasteiger partial charge in [0.2, 0.25) is 0 Å². The minimum atomic E-state index is -0.815. The summed E-state index contributed by atoms with van der Waals surface area (Å²) in [6, 6.07) is 0. The quantitative estimate of drug-likeness (QED) is 0.0261. The van der Waals surface area contributed by atoms with Gasteiger partial charge in [-0.3, -0.25) is 14.4 Å². The van der Waals surface area contributed by atoms with Gasteiger partial charge in [0.15, 0.2) is 6.10 Å². The van der Waals surface area contributed by atoms with Crippen LogP contribution in [0.5, 0.6) is 0 Å². The maximum atomic E-state index is 13.0. The lowest BCUT2D eigenvalue weighted by Crippen LogP contribution is -2.30. The lowest BCUT2D eigenvalue weighted by atomic mass is 10.0. The molecule has 0 amide bonds. The highest BCUT2D eigenvalue weighted by molar-refractivity contribution is 5.71. The van der Waals surface area contributed by atoms with E-state index in [1.807, 2.05) is 0 Å². The van der Waals surface area contributed by atoms with Gasteiger partial charge in [0.05, 0.1) is 0 Å². The Hall–Kier alpha value is -4.45. The van der Waals surface area contributed by atoms with Gasteiger partial charge in [0.1, 0.15) is 13.2 Å². The molecule has 0 spiro atoms. The van der Waals surface area contributed by atoms with Crippen LogP contribution >= 0.6 is 0 Å². The first-order valence-corrected chi connectivity index (χ1v) is 34.7. The van der Waals surface area contributed by atoms with Crippen LogP contribution < -0.4 is 0 Å². The van der Waals surface area contributed by atoms with Crippen LogP contribution in [0.3, 0.4) is 0 Å². The minimum absolute atomic E-state index is 0.111. The van der Waals surface area contributed by atoms with Crippen LogP contribution in [0.2, 0.25) is 0 Å². The molecule has 0 aromatic heterocycles. The molecule has 83 heavy (non-hydrogen) atoms. The molecule has 1 atom stereocenters. The molecule has 0 rings (SSSR count). The lowest BCUT2D eigenvalue weighted by Gasteiger charge is -2.18. The molecule has 0 aromatic carbocycles.